The first kappa shape index (κ1) is 16.2. The van der Waals surface area contributed by atoms with Crippen LogP contribution >= 0.6 is 0 Å². The molecule has 1 rings (SSSR count). The lowest BCUT2D eigenvalue weighted by atomic mass is 9.94. The van der Waals surface area contributed by atoms with Gasteiger partial charge >= 0.3 is 5.97 Å². The van der Waals surface area contributed by atoms with Gasteiger partial charge in [0.05, 0.1) is 0 Å². The number of rotatable bonds is 6. The fourth-order valence-electron chi connectivity index (χ4n) is 1.79. The van der Waals surface area contributed by atoms with E-state index in [1.54, 1.807) is 20.8 Å². The molecule has 1 unspecified atom stereocenters. The van der Waals surface area contributed by atoms with Gasteiger partial charge in [0.25, 0.3) is 0 Å². The number of amides is 1. The quantitative estimate of drug-likeness (QED) is 0.840. The summed E-state index contributed by atoms with van der Waals surface area (Å²) in [6.45, 7) is 5.31. The molecule has 1 aromatic carbocycles. The fourth-order valence-corrected chi connectivity index (χ4v) is 1.79. The number of hydrogen-bond donors (Lipinski definition) is 2. The Morgan fingerprint density at radius 2 is 1.80 bits per heavy atom. The van der Waals surface area contributed by atoms with E-state index in [1.165, 1.54) is 5.56 Å². The summed E-state index contributed by atoms with van der Waals surface area (Å²) in [7, 11) is 0. The molecule has 1 amide bonds. The van der Waals surface area contributed by atoms with Crippen LogP contribution in [0.4, 0.5) is 0 Å². The minimum atomic E-state index is -0.976. The molecule has 4 heteroatoms. The zero-order chi connectivity index (χ0) is 15.2. The van der Waals surface area contributed by atoms with E-state index < -0.39 is 17.4 Å². The standard InChI is InChI=1S/C16H23NO3/c1-16(2,3)15(20)17-13(14(18)19)11-7-10-12-8-5-4-6-9-12/h4-6,8-9,13H,7,10-11H2,1-3H3,(H,17,20)(H,18,19). The SMILES string of the molecule is CC(C)(C)C(=O)NC(CCCc1ccccc1)C(=O)O. The molecule has 0 spiro atoms. The lowest BCUT2D eigenvalue weighted by Crippen LogP contribution is -2.45. The number of aliphatic carboxylic acids is 1. The first-order chi connectivity index (χ1) is 9.30. The van der Waals surface area contributed by atoms with Gasteiger partial charge in [-0.3, -0.25) is 4.79 Å². The van der Waals surface area contributed by atoms with E-state index in [0.29, 0.717) is 6.42 Å². The van der Waals surface area contributed by atoms with Gasteiger partial charge in [0.1, 0.15) is 6.04 Å². The van der Waals surface area contributed by atoms with Crippen molar-refractivity contribution in [1.82, 2.24) is 5.32 Å². The summed E-state index contributed by atoms with van der Waals surface area (Å²) < 4.78 is 0. The van der Waals surface area contributed by atoms with Crippen molar-refractivity contribution in [2.75, 3.05) is 0 Å². The lowest BCUT2D eigenvalue weighted by molar-refractivity contribution is -0.143. The molecule has 0 bridgehead atoms. The molecule has 1 aromatic rings. The highest BCUT2D eigenvalue weighted by atomic mass is 16.4. The molecule has 4 nitrogen and oxygen atoms in total. The van der Waals surface area contributed by atoms with Crippen LogP contribution in [0.15, 0.2) is 30.3 Å². The van der Waals surface area contributed by atoms with E-state index in [1.807, 2.05) is 30.3 Å². The molecule has 2 N–H and O–H groups in total. The van der Waals surface area contributed by atoms with Crippen molar-refractivity contribution < 1.29 is 14.7 Å². The lowest BCUT2D eigenvalue weighted by Gasteiger charge is -2.21. The van der Waals surface area contributed by atoms with Crippen molar-refractivity contribution in [3.63, 3.8) is 0 Å². The van der Waals surface area contributed by atoms with Crippen LogP contribution in [0.3, 0.4) is 0 Å². The Kier molecular flexibility index (Phi) is 5.74. The molecule has 20 heavy (non-hydrogen) atoms. The van der Waals surface area contributed by atoms with E-state index >= 15 is 0 Å². The largest absolute Gasteiger partial charge is 0.480 e. The monoisotopic (exact) mass is 277 g/mol. The van der Waals surface area contributed by atoms with Crippen molar-refractivity contribution >= 4 is 11.9 Å². The highest BCUT2D eigenvalue weighted by Gasteiger charge is 2.26. The molecule has 0 fully saturated rings. The van der Waals surface area contributed by atoms with Gasteiger partial charge in [0.2, 0.25) is 5.91 Å². The van der Waals surface area contributed by atoms with Crippen LogP contribution in [0, 0.1) is 5.41 Å². The molecule has 110 valence electrons. The number of nitrogens with one attached hydrogen (secondary N) is 1. The van der Waals surface area contributed by atoms with Crippen LogP contribution in [-0.4, -0.2) is 23.0 Å². The first-order valence-corrected chi connectivity index (χ1v) is 6.88. The first-order valence-electron chi connectivity index (χ1n) is 6.88. The van der Waals surface area contributed by atoms with Crippen LogP contribution in [0.25, 0.3) is 0 Å². The Balaban J connectivity index is 2.48. The average Bonchev–Trinajstić information content (AvgIpc) is 2.37. The van der Waals surface area contributed by atoms with Crippen molar-refractivity contribution in [2.45, 2.75) is 46.1 Å². The molecular weight excluding hydrogens is 254 g/mol. The molecule has 0 saturated carbocycles. The molecule has 0 saturated heterocycles. The van der Waals surface area contributed by atoms with Gasteiger partial charge in [-0.15, -0.1) is 0 Å². The molecular formula is C16H23NO3. The average molecular weight is 277 g/mol. The summed E-state index contributed by atoms with van der Waals surface area (Å²) >= 11 is 0. The van der Waals surface area contributed by atoms with Gasteiger partial charge in [-0.1, -0.05) is 51.1 Å². The minimum absolute atomic E-state index is 0.232. The molecule has 0 aromatic heterocycles. The molecule has 0 aliphatic carbocycles. The molecule has 0 aliphatic heterocycles. The van der Waals surface area contributed by atoms with E-state index in [9.17, 15) is 14.7 Å². The van der Waals surface area contributed by atoms with Gasteiger partial charge in [-0.05, 0) is 24.8 Å². The summed E-state index contributed by atoms with van der Waals surface area (Å²) in [5.74, 6) is -1.21. The maximum atomic E-state index is 11.8. The second-order valence-corrected chi connectivity index (χ2v) is 5.99. The van der Waals surface area contributed by atoms with E-state index in [4.69, 9.17) is 0 Å². The van der Waals surface area contributed by atoms with Crippen LogP contribution in [0.1, 0.15) is 39.2 Å². The van der Waals surface area contributed by atoms with E-state index in [2.05, 4.69) is 5.32 Å². The third kappa shape index (κ3) is 5.43. The molecule has 0 heterocycles. The zero-order valence-electron chi connectivity index (χ0n) is 12.3. The Bertz CT molecular complexity index is 449. The van der Waals surface area contributed by atoms with Crippen LogP contribution in [0.2, 0.25) is 0 Å². The van der Waals surface area contributed by atoms with Gasteiger partial charge < -0.3 is 10.4 Å². The number of benzene rings is 1. The number of carbonyl (C=O) groups excluding carboxylic acids is 1. The van der Waals surface area contributed by atoms with Crippen LogP contribution < -0.4 is 5.32 Å². The van der Waals surface area contributed by atoms with E-state index in [-0.39, 0.29) is 5.91 Å². The number of carboxylic acids is 1. The third-order valence-corrected chi connectivity index (χ3v) is 3.09. The van der Waals surface area contributed by atoms with Gasteiger partial charge in [-0.25, -0.2) is 4.79 Å². The van der Waals surface area contributed by atoms with Gasteiger partial charge in [0, 0.05) is 5.41 Å². The predicted molar refractivity (Wildman–Crippen MR) is 78.4 cm³/mol. The van der Waals surface area contributed by atoms with Crippen molar-refractivity contribution in [2.24, 2.45) is 5.41 Å². The number of hydrogen-bond acceptors (Lipinski definition) is 2. The Hall–Kier alpha value is -1.84. The number of carboxylic acid groups (broad SMARTS) is 1. The van der Waals surface area contributed by atoms with E-state index in [0.717, 1.165) is 12.8 Å². The van der Waals surface area contributed by atoms with Crippen LogP contribution in [0.5, 0.6) is 0 Å². The van der Waals surface area contributed by atoms with Crippen molar-refractivity contribution in [3.8, 4) is 0 Å². The zero-order valence-corrected chi connectivity index (χ0v) is 12.3. The highest BCUT2D eigenvalue weighted by molar-refractivity contribution is 5.86. The number of carbonyl (C=O) groups is 2. The summed E-state index contributed by atoms with van der Waals surface area (Å²) in [6.07, 6.45) is 1.98. The maximum absolute atomic E-state index is 11.8. The molecule has 0 aliphatic rings. The Morgan fingerprint density at radius 3 is 2.30 bits per heavy atom. The van der Waals surface area contributed by atoms with Crippen molar-refractivity contribution in [1.29, 1.82) is 0 Å². The summed E-state index contributed by atoms with van der Waals surface area (Å²) in [4.78, 5) is 23.0. The highest BCUT2D eigenvalue weighted by Crippen LogP contribution is 2.14. The number of aryl methyl sites for hydroxylation is 1. The Morgan fingerprint density at radius 1 is 1.20 bits per heavy atom. The molecule has 0 radical (unpaired) electrons. The molecule has 1 atom stereocenters. The summed E-state index contributed by atoms with van der Waals surface area (Å²) in [5.41, 5.74) is 0.603. The summed E-state index contributed by atoms with van der Waals surface area (Å²) in [5, 5.41) is 11.8. The summed E-state index contributed by atoms with van der Waals surface area (Å²) in [6, 6.07) is 9.10. The van der Waals surface area contributed by atoms with Crippen molar-refractivity contribution in [3.05, 3.63) is 35.9 Å². The predicted octanol–water partition coefficient (Wildman–Crippen LogP) is 2.62. The van der Waals surface area contributed by atoms with Crippen LogP contribution in [-0.2, 0) is 16.0 Å². The Labute approximate surface area is 120 Å². The second kappa shape index (κ2) is 7.08. The second-order valence-electron chi connectivity index (χ2n) is 5.99. The van der Waals surface area contributed by atoms with Gasteiger partial charge in [-0.2, -0.15) is 0 Å². The fraction of sp³-hybridized carbons (Fsp3) is 0.500. The topological polar surface area (TPSA) is 66.4 Å². The maximum Gasteiger partial charge on any atom is 0.326 e. The minimum Gasteiger partial charge on any atom is -0.480 e. The normalized spacial score (nSPS) is 12.8. The van der Waals surface area contributed by atoms with Gasteiger partial charge in [0.15, 0.2) is 0 Å². The third-order valence-electron chi connectivity index (χ3n) is 3.09. The smallest absolute Gasteiger partial charge is 0.326 e.